The second-order valence-electron chi connectivity index (χ2n) is 4.77. The molecule has 0 saturated carbocycles. The van der Waals surface area contributed by atoms with Gasteiger partial charge in [0.05, 0.1) is 22.0 Å². The van der Waals surface area contributed by atoms with Crippen molar-refractivity contribution in [3.05, 3.63) is 45.9 Å². The number of nitrogens with one attached hydrogen (secondary N) is 2. The largest absolute Gasteiger partial charge is 0.295 e. The van der Waals surface area contributed by atoms with Crippen LogP contribution in [0.3, 0.4) is 0 Å². The zero-order chi connectivity index (χ0) is 17.0. The number of Topliss-reactive ketones (excluding diaryl/α,β-unsaturated/α-hetero) is 1. The number of nitrogens with zero attached hydrogens (tertiary/aromatic N) is 1. The van der Waals surface area contributed by atoms with Crippen LogP contribution in [-0.2, 0) is 21.2 Å². The highest BCUT2D eigenvalue weighted by molar-refractivity contribution is 7.89. The van der Waals surface area contributed by atoms with E-state index in [1.807, 2.05) is 11.8 Å². The van der Waals surface area contributed by atoms with Gasteiger partial charge < -0.3 is 0 Å². The normalized spacial score (nSPS) is 11.2. The summed E-state index contributed by atoms with van der Waals surface area (Å²) >= 11 is 1.41. The molecule has 1 aromatic heterocycles. The number of carbonyl (C=O) groups excluding carboxylic acids is 2. The molecule has 0 spiro atoms. The van der Waals surface area contributed by atoms with E-state index in [-0.39, 0.29) is 17.1 Å². The fourth-order valence-corrected chi connectivity index (χ4v) is 3.22. The lowest BCUT2D eigenvalue weighted by Gasteiger charge is -2.08. The number of benzene rings is 1. The maximum atomic E-state index is 12.1. The smallest absolute Gasteiger partial charge is 0.257 e. The average Bonchev–Trinajstić information content (AvgIpc) is 2.90. The highest BCUT2D eigenvalue weighted by Crippen LogP contribution is 2.11. The van der Waals surface area contributed by atoms with Gasteiger partial charge in [-0.3, -0.25) is 15.0 Å². The van der Waals surface area contributed by atoms with E-state index >= 15 is 0 Å². The second-order valence-corrected chi connectivity index (χ2v) is 7.51. The molecule has 2 aromatic rings. The van der Waals surface area contributed by atoms with Gasteiger partial charge in [-0.1, -0.05) is 12.1 Å². The SMILES string of the molecule is CC(=O)c1ccc(S(=O)(=O)NNC(=O)Cc2csc(C)n2)cc1. The van der Waals surface area contributed by atoms with Gasteiger partial charge in [0, 0.05) is 10.9 Å². The van der Waals surface area contributed by atoms with E-state index in [0.717, 1.165) is 5.01 Å². The highest BCUT2D eigenvalue weighted by atomic mass is 32.2. The number of thiazole rings is 1. The molecule has 1 aromatic carbocycles. The van der Waals surface area contributed by atoms with Crippen LogP contribution in [0.2, 0.25) is 0 Å². The monoisotopic (exact) mass is 353 g/mol. The van der Waals surface area contributed by atoms with Gasteiger partial charge >= 0.3 is 0 Å². The van der Waals surface area contributed by atoms with Crippen molar-refractivity contribution in [2.45, 2.75) is 25.2 Å². The van der Waals surface area contributed by atoms with E-state index in [9.17, 15) is 18.0 Å². The molecule has 0 fully saturated rings. The lowest BCUT2D eigenvalue weighted by Crippen LogP contribution is -2.42. The summed E-state index contributed by atoms with van der Waals surface area (Å²) in [6.45, 7) is 3.21. The molecule has 23 heavy (non-hydrogen) atoms. The van der Waals surface area contributed by atoms with Crippen LogP contribution in [0.5, 0.6) is 0 Å². The van der Waals surface area contributed by atoms with Gasteiger partial charge in [-0.2, -0.15) is 0 Å². The first-order valence-electron chi connectivity index (χ1n) is 6.60. The summed E-state index contributed by atoms with van der Waals surface area (Å²) in [5.74, 6) is -0.673. The molecule has 0 aliphatic heterocycles. The number of amides is 1. The van der Waals surface area contributed by atoms with Crippen LogP contribution >= 0.6 is 11.3 Å². The van der Waals surface area contributed by atoms with Crippen LogP contribution in [0.4, 0.5) is 0 Å². The predicted octanol–water partition coefficient (Wildman–Crippen LogP) is 1.21. The summed E-state index contributed by atoms with van der Waals surface area (Å²) in [4.78, 5) is 29.0. The minimum atomic E-state index is -3.90. The fraction of sp³-hybridized carbons (Fsp3) is 0.214. The van der Waals surface area contributed by atoms with Crippen molar-refractivity contribution in [2.75, 3.05) is 0 Å². The van der Waals surface area contributed by atoms with E-state index < -0.39 is 15.9 Å². The van der Waals surface area contributed by atoms with Gasteiger partial charge in [-0.25, -0.2) is 13.4 Å². The standard InChI is InChI=1S/C14H15N3O4S2/c1-9(18)11-3-5-13(6-4-11)23(20,21)17-16-14(19)7-12-8-22-10(2)15-12/h3-6,8,17H,7H2,1-2H3,(H,16,19). The van der Waals surface area contributed by atoms with Gasteiger partial charge in [0.25, 0.3) is 10.0 Å². The molecule has 9 heteroatoms. The number of hydrogen-bond donors (Lipinski definition) is 2. The Balaban J connectivity index is 1.98. The van der Waals surface area contributed by atoms with Crippen molar-refractivity contribution >= 4 is 33.1 Å². The van der Waals surface area contributed by atoms with E-state index in [4.69, 9.17) is 0 Å². The summed E-state index contributed by atoms with van der Waals surface area (Å²) in [6, 6.07) is 5.43. The third kappa shape index (κ3) is 4.68. The van der Waals surface area contributed by atoms with Crippen molar-refractivity contribution < 1.29 is 18.0 Å². The number of hydrazine groups is 1. The Hall–Kier alpha value is -2.10. The van der Waals surface area contributed by atoms with E-state index in [1.54, 1.807) is 5.38 Å². The highest BCUT2D eigenvalue weighted by Gasteiger charge is 2.16. The second kappa shape index (κ2) is 6.99. The third-order valence-corrected chi connectivity index (χ3v) is 4.99. The third-order valence-electron chi connectivity index (χ3n) is 2.90. The molecule has 0 unspecified atom stereocenters. The molecule has 1 heterocycles. The Morgan fingerprint density at radius 1 is 1.22 bits per heavy atom. The zero-order valence-corrected chi connectivity index (χ0v) is 14.1. The molecule has 1 amide bonds. The van der Waals surface area contributed by atoms with Crippen LogP contribution in [0.1, 0.15) is 28.0 Å². The van der Waals surface area contributed by atoms with Crippen molar-refractivity contribution in [2.24, 2.45) is 0 Å². The Bertz CT molecular complexity index is 826. The minimum Gasteiger partial charge on any atom is -0.295 e. The number of carbonyl (C=O) groups is 2. The lowest BCUT2D eigenvalue weighted by molar-refractivity contribution is -0.120. The molecular weight excluding hydrogens is 338 g/mol. The number of rotatable bonds is 6. The maximum Gasteiger partial charge on any atom is 0.257 e. The zero-order valence-electron chi connectivity index (χ0n) is 12.5. The molecule has 0 aliphatic carbocycles. The van der Waals surface area contributed by atoms with Crippen molar-refractivity contribution in [3.63, 3.8) is 0 Å². The number of hydrogen-bond acceptors (Lipinski definition) is 6. The first-order chi connectivity index (χ1) is 10.8. The Morgan fingerprint density at radius 2 is 1.87 bits per heavy atom. The van der Waals surface area contributed by atoms with E-state index in [2.05, 4.69) is 10.4 Å². The Kier molecular flexibility index (Phi) is 5.24. The summed E-state index contributed by atoms with van der Waals surface area (Å²) in [5, 5.41) is 2.57. The van der Waals surface area contributed by atoms with Gasteiger partial charge in [-0.15, -0.1) is 16.2 Å². The van der Waals surface area contributed by atoms with Gasteiger partial charge in [0.2, 0.25) is 5.91 Å². The molecule has 0 aliphatic rings. The van der Waals surface area contributed by atoms with Crippen LogP contribution < -0.4 is 10.3 Å². The lowest BCUT2D eigenvalue weighted by atomic mass is 10.2. The summed E-state index contributed by atoms with van der Waals surface area (Å²) in [5.41, 5.74) is 3.13. The Labute approximate surface area is 137 Å². The molecule has 7 nitrogen and oxygen atoms in total. The molecule has 2 rings (SSSR count). The van der Waals surface area contributed by atoms with Crippen molar-refractivity contribution in [1.29, 1.82) is 0 Å². The van der Waals surface area contributed by atoms with E-state index in [0.29, 0.717) is 11.3 Å². The molecular formula is C14H15N3O4S2. The molecule has 0 bridgehead atoms. The van der Waals surface area contributed by atoms with E-state index in [1.165, 1.54) is 42.5 Å². The van der Waals surface area contributed by atoms with Crippen molar-refractivity contribution in [1.82, 2.24) is 15.2 Å². The van der Waals surface area contributed by atoms with Crippen LogP contribution in [0.25, 0.3) is 0 Å². The molecule has 2 N–H and O–H groups in total. The fourth-order valence-electron chi connectivity index (χ4n) is 1.75. The van der Waals surface area contributed by atoms with Gasteiger partial charge in [-0.05, 0) is 26.0 Å². The van der Waals surface area contributed by atoms with Gasteiger partial charge in [0.15, 0.2) is 5.78 Å². The summed E-state index contributed by atoms with van der Waals surface area (Å²) in [6.07, 6.45) is -0.0177. The van der Waals surface area contributed by atoms with Crippen LogP contribution in [0.15, 0.2) is 34.5 Å². The van der Waals surface area contributed by atoms with Crippen LogP contribution in [0, 0.1) is 6.92 Å². The average molecular weight is 353 g/mol. The molecule has 0 radical (unpaired) electrons. The minimum absolute atomic E-state index is 0.0177. The number of ketones is 1. The van der Waals surface area contributed by atoms with Gasteiger partial charge in [0.1, 0.15) is 0 Å². The topological polar surface area (TPSA) is 105 Å². The molecule has 0 saturated heterocycles. The Morgan fingerprint density at radius 3 is 2.39 bits per heavy atom. The summed E-state index contributed by atoms with van der Waals surface area (Å²) < 4.78 is 24.1. The first kappa shape index (κ1) is 17.3. The molecule has 0 atom stereocenters. The number of aromatic nitrogens is 1. The van der Waals surface area contributed by atoms with Crippen molar-refractivity contribution in [3.8, 4) is 0 Å². The number of sulfonamides is 1. The quantitative estimate of drug-likeness (QED) is 0.600. The maximum absolute atomic E-state index is 12.1. The molecule has 122 valence electrons. The number of aryl methyl sites for hydroxylation is 1. The first-order valence-corrected chi connectivity index (χ1v) is 8.97. The van der Waals surface area contributed by atoms with Crippen LogP contribution in [-0.4, -0.2) is 25.1 Å². The summed E-state index contributed by atoms with van der Waals surface area (Å²) in [7, 11) is -3.90. The predicted molar refractivity (Wildman–Crippen MR) is 85.5 cm³/mol.